The lowest BCUT2D eigenvalue weighted by Crippen LogP contribution is -2.22. The molecule has 0 spiro atoms. The summed E-state index contributed by atoms with van der Waals surface area (Å²) in [4.78, 5) is 1.65. The van der Waals surface area contributed by atoms with E-state index in [4.69, 9.17) is 10.2 Å². The van der Waals surface area contributed by atoms with Crippen molar-refractivity contribution in [1.82, 2.24) is 4.90 Å². The van der Waals surface area contributed by atoms with Crippen molar-refractivity contribution in [2.24, 2.45) is 0 Å². The first-order valence-corrected chi connectivity index (χ1v) is 2.61. The van der Waals surface area contributed by atoms with Gasteiger partial charge in [-0.2, -0.15) is 0 Å². The maximum Gasteiger partial charge on any atom is 0.0913 e. The van der Waals surface area contributed by atoms with Crippen molar-refractivity contribution in [3.8, 4) is 0 Å². The zero-order valence-corrected chi connectivity index (χ0v) is 4.62. The third-order valence-electron chi connectivity index (χ3n) is 1.33. The number of aliphatic hydroxyl groups excluding tert-OH is 2. The van der Waals surface area contributed by atoms with Crippen LogP contribution in [0.5, 0.6) is 0 Å². The molecule has 3 nitrogen and oxygen atoms in total. The van der Waals surface area contributed by atoms with Crippen molar-refractivity contribution in [1.29, 1.82) is 0 Å². The minimum atomic E-state index is -0.590. The van der Waals surface area contributed by atoms with Crippen molar-refractivity contribution >= 4 is 0 Å². The summed E-state index contributed by atoms with van der Waals surface area (Å²) in [7, 11) is 3.55. The SMILES string of the molecule is [CH2-]N1CC(O)C(O)C1. The summed E-state index contributed by atoms with van der Waals surface area (Å²) in [6.07, 6.45) is -1.18. The molecular weight excluding hydrogens is 106 g/mol. The van der Waals surface area contributed by atoms with Gasteiger partial charge < -0.3 is 15.1 Å². The highest BCUT2D eigenvalue weighted by Crippen LogP contribution is 2.06. The van der Waals surface area contributed by atoms with Crippen LogP contribution in [-0.2, 0) is 0 Å². The molecule has 8 heavy (non-hydrogen) atoms. The van der Waals surface area contributed by atoms with Crippen LogP contribution in [0.25, 0.3) is 0 Å². The van der Waals surface area contributed by atoms with Crippen LogP contribution in [0, 0.1) is 7.05 Å². The molecule has 0 aliphatic carbocycles. The van der Waals surface area contributed by atoms with Gasteiger partial charge in [0.25, 0.3) is 0 Å². The third kappa shape index (κ3) is 0.992. The van der Waals surface area contributed by atoms with Crippen LogP contribution in [0.1, 0.15) is 0 Å². The Bertz CT molecular complexity index is 76.5. The van der Waals surface area contributed by atoms with Crippen molar-refractivity contribution in [2.45, 2.75) is 12.2 Å². The van der Waals surface area contributed by atoms with E-state index in [9.17, 15) is 0 Å². The summed E-state index contributed by atoms with van der Waals surface area (Å²) in [5.74, 6) is 0. The first-order valence-electron chi connectivity index (χ1n) is 2.61. The number of hydrogen-bond acceptors (Lipinski definition) is 3. The van der Waals surface area contributed by atoms with E-state index in [1.54, 1.807) is 4.90 Å². The Balaban J connectivity index is 2.39. The normalized spacial score (nSPS) is 40.9. The zero-order chi connectivity index (χ0) is 6.15. The smallest absolute Gasteiger partial charge is 0.0913 e. The summed E-state index contributed by atoms with van der Waals surface area (Å²) in [5.41, 5.74) is 0. The molecule has 3 heteroatoms. The molecule has 1 heterocycles. The van der Waals surface area contributed by atoms with E-state index in [1.165, 1.54) is 0 Å². The fourth-order valence-corrected chi connectivity index (χ4v) is 0.847. The second-order valence-corrected chi connectivity index (χ2v) is 2.17. The molecule has 0 aromatic heterocycles. The van der Waals surface area contributed by atoms with Gasteiger partial charge in [0.2, 0.25) is 0 Å². The van der Waals surface area contributed by atoms with Crippen LogP contribution < -0.4 is 0 Å². The van der Waals surface area contributed by atoms with E-state index in [-0.39, 0.29) is 0 Å². The van der Waals surface area contributed by atoms with Gasteiger partial charge in [0.15, 0.2) is 0 Å². The quantitative estimate of drug-likeness (QED) is 0.391. The van der Waals surface area contributed by atoms with Gasteiger partial charge in [-0.05, 0) is 13.1 Å². The summed E-state index contributed by atoms with van der Waals surface area (Å²) < 4.78 is 0. The van der Waals surface area contributed by atoms with Crippen LogP contribution >= 0.6 is 0 Å². The molecular formula is C5H10NO2-. The number of likely N-dealkylation sites (tertiary alicyclic amines) is 1. The summed E-state index contributed by atoms with van der Waals surface area (Å²) >= 11 is 0. The van der Waals surface area contributed by atoms with E-state index >= 15 is 0 Å². The molecule has 2 atom stereocenters. The van der Waals surface area contributed by atoms with Gasteiger partial charge in [0, 0.05) is 0 Å². The lowest BCUT2D eigenvalue weighted by molar-refractivity contribution is 0.0572. The van der Waals surface area contributed by atoms with Gasteiger partial charge >= 0.3 is 0 Å². The van der Waals surface area contributed by atoms with E-state index in [2.05, 4.69) is 7.05 Å². The summed E-state index contributed by atoms with van der Waals surface area (Å²) in [5, 5.41) is 17.7. The fourth-order valence-electron chi connectivity index (χ4n) is 0.847. The van der Waals surface area contributed by atoms with Crippen molar-refractivity contribution in [2.75, 3.05) is 13.1 Å². The lowest BCUT2D eigenvalue weighted by Gasteiger charge is -2.13. The molecule has 48 valence electrons. The monoisotopic (exact) mass is 116 g/mol. The van der Waals surface area contributed by atoms with E-state index < -0.39 is 12.2 Å². The third-order valence-corrected chi connectivity index (χ3v) is 1.33. The predicted octanol–water partition coefficient (Wildman–Crippen LogP) is -1.18. The molecule has 0 bridgehead atoms. The van der Waals surface area contributed by atoms with Gasteiger partial charge in [-0.25, -0.2) is 0 Å². The number of β-amino-alcohol motifs (C(OH)–C–C–N with tert-alkyl or cyclic N) is 2. The highest BCUT2D eigenvalue weighted by Gasteiger charge is 2.22. The molecule has 0 aromatic rings. The van der Waals surface area contributed by atoms with Gasteiger partial charge in [-0.1, -0.05) is 0 Å². The molecule has 0 saturated carbocycles. The van der Waals surface area contributed by atoms with E-state index in [0.29, 0.717) is 13.1 Å². The summed E-state index contributed by atoms with van der Waals surface area (Å²) in [6.45, 7) is 0.975. The van der Waals surface area contributed by atoms with Crippen LogP contribution in [0.2, 0.25) is 0 Å². The molecule has 0 aromatic carbocycles. The Labute approximate surface area is 48.5 Å². The summed E-state index contributed by atoms with van der Waals surface area (Å²) in [6, 6.07) is 0. The van der Waals surface area contributed by atoms with E-state index in [1.807, 2.05) is 0 Å². The minimum Gasteiger partial charge on any atom is -0.455 e. The largest absolute Gasteiger partial charge is 0.455 e. The fraction of sp³-hybridized carbons (Fsp3) is 0.800. The standard InChI is InChI=1S/C5H10NO2/c1-6-2-4(7)5(8)3-6/h4-5,7-8H,1-3H2/q-1. The van der Waals surface area contributed by atoms with Crippen molar-refractivity contribution in [3.05, 3.63) is 7.05 Å². The molecule has 0 radical (unpaired) electrons. The van der Waals surface area contributed by atoms with Gasteiger partial charge in [0.1, 0.15) is 0 Å². The van der Waals surface area contributed by atoms with E-state index in [0.717, 1.165) is 0 Å². The number of aliphatic hydroxyl groups is 2. The predicted molar refractivity (Wildman–Crippen MR) is 28.9 cm³/mol. The van der Waals surface area contributed by atoms with Crippen molar-refractivity contribution in [3.63, 3.8) is 0 Å². The molecule has 1 aliphatic heterocycles. The Morgan fingerprint density at radius 2 is 1.62 bits per heavy atom. The van der Waals surface area contributed by atoms with Crippen molar-refractivity contribution < 1.29 is 10.2 Å². The maximum absolute atomic E-state index is 8.84. The highest BCUT2D eigenvalue weighted by atomic mass is 16.3. The molecule has 2 unspecified atom stereocenters. The molecule has 1 aliphatic rings. The zero-order valence-electron chi connectivity index (χ0n) is 4.62. The second kappa shape index (κ2) is 2.01. The molecule has 1 rings (SSSR count). The van der Waals surface area contributed by atoms with Crippen LogP contribution in [0.15, 0.2) is 0 Å². The average Bonchev–Trinajstić information content (AvgIpc) is 1.85. The number of nitrogens with zero attached hydrogens (tertiary/aromatic N) is 1. The molecule has 0 amide bonds. The number of rotatable bonds is 0. The lowest BCUT2D eigenvalue weighted by atomic mass is 10.3. The van der Waals surface area contributed by atoms with Gasteiger partial charge in [-0.15, -0.1) is 0 Å². The van der Waals surface area contributed by atoms with Crippen LogP contribution in [-0.4, -0.2) is 40.4 Å². The molecule has 1 saturated heterocycles. The Kier molecular flexibility index (Phi) is 1.51. The van der Waals surface area contributed by atoms with Gasteiger partial charge in [0.05, 0.1) is 12.2 Å². The Morgan fingerprint density at radius 1 is 1.25 bits per heavy atom. The number of hydrogen-bond donors (Lipinski definition) is 2. The highest BCUT2D eigenvalue weighted by molar-refractivity contribution is 4.82. The second-order valence-electron chi connectivity index (χ2n) is 2.17. The average molecular weight is 116 g/mol. The first kappa shape index (κ1) is 6.01. The molecule has 2 N–H and O–H groups in total. The van der Waals surface area contributed by atoms with Gasteiger partial charge in [-0.3, -0.25) is 7.05 Å². The van der Waals surface area contributed by atoms with Crippen LogP contribution in [0.4, 0.5) is 0 Å². The van der Waals surface area contributed by atoms with Crippen LogP contribution in [0.3, 0.4) is 0 Å². The topological polar surface area (TPSA) is 43.7 Å². The minimum absolute atomic E-state index is 0.487. The Hall–Kier alpha value is -0.120. The first-order chi connectivity index (χ1) is 3.70. The Morgan fingerprint density at radius 3 is 1.75 bits per heavy atom. The maximum atomic E-state index is 8.84. The molecule has 1 fully saturated rings.